The molecule has 0 aromatic carbocycles. The minimum Gasteiger partial charge on any atom is -0.354 e. The molecule has 1 saturated heterocycles. The summed E-state index contributed by atoms with van der Waals surface area (Å²) >= 11 is 1.78. The summed E-state index contributed by atoms with van der Waals surface area (Å²) in [6, 6.07) is 0.0535. The van der Waals surface area contributed by atoms with E-state index in [1.54, 1.807) is 11.8 Å². The molecule has 2 N–H and O–H groups in total. The molecule has 5 heteroatoms. The van der Waals surface area contributed by atoms with E-state index in [0.717, 1.165) is 19.5 Å². The second-order valence-corrected chi connectivity index (χ2v) is 5.07. The van der Waals surface area contributed by atoms with Crippen LogP contribution in [0.3, 0.4) is 0 Å². The van der Waals surface area contributed by atoms with Gasteiger partial charge in [0.05, 0.1) is 6.04 Å². The fourth-order valence-electron chi connectivity index (χ4n) is 1.53. The first-order chi connectivity index (χ1) is 6.74. The third-order valence-corrected chi connectivity index (χ3v) is 3.56. The predicted octanol–water partition coefficient (Wildman–Crippen LogP) is 1.42. The Morgan fingerprint density at radius 2 is 2.33 bits per heavy atom. The SMILES string of the molecule is CSC(C)CNC(=O)[C@H]1CCCCN1.Cl. The second-order valence-electron chi connectivity index (χ2n) is 3.79. The van der Waals surface area contributed by atoms with Crippen LogP contribution in [0.2, 0.25) is 0 Å². The quantitative estimate of drug-likeness (QED) is 0.795. The van der Waals surface area contributed by atoms with Crippen molar-refractivity contribution in [2.45, 2.75) is 37.5 Å². The van der Waals surface area contributed by atoms with Crippen molar-refractivity contribution in [3.05, 3.63) is 0 Å². The van der Waals surface area contributed by atoms with Crippen LogP contribution in [0.5, 0.6) is 0 Å². The minimum atomic E-state index is 0. The first-order valence-electron chi connectivity index (χ1n) is 5.28. The molecule has 90 valence electrons. The highest BCUT2D eigenvalue weighted by Gasteiger charge is 2.20. The lowest BCUT2D eigenvalue weighted by molar-refractivity contribution is -0.123. The molecule has 15 heavy (non-hydrogen) atoms. The monoisotopic (exact) mass is 252 g/mol. The van der Waals surface area contributed by atoms with Gasteiger partial charge in [0.15, 0.2) is 0 Å². The summed E-state index contributed by atoms with van der Waals surface area (Å²) in [5.74, 6) is 0.172. The van der Waals surface area contributed by atoms with E-state index in [0.29, 0.717) is 5.25 Å². The number of rotatable bonds is 4. The molecule has 0 aromatic rings. The van der Waals surface area contributed by atoms with Crippen molar-refractivity contribution in [1.29, 1.82) is 0 Å². The molecule has 2 atom stereocenters. The Labute approximate surface area is 103 Å². The van der Waals surface area contributed by atoms with E-state index in [1.165, 1.54) is 12.8 Å². The number of piperidine rings is 1. The fourth-order valence-corrected chi connectivity index (χ4v) is 1.78. The van der Waals surface area contributed by atoms with Crippen molar-refractivity contribution >= 4 is 30.1 Å². The summed E-state index contributed by atoms with van der Waals surface area (Å²) in [6.45, 7) is 3.88. The van der Waals surface area contributed by atoms with Gasteiger partial charge in [0.25, 0.3) is 0 Å². The van der Waals surface area contributed by atoms with Gasteiger partial charge in [-0.3, -0.25) is 4.79 Å². The van der Waals surface area contributed by atoms with E-state index in [-0.39, 0.29) is 24.4 Å². The minimum absolute atomic E-state index is 0. The van der Waals surface area contributed by atoms with Gasteiger partial charge in [-0.2, -0.15) is 11.8 Å². The van der Waals surface area contributed by atoms with E-state index in [4.69, 9.17) is 0 Å². The van der Waals surface area contributed by atoms with E-state index >= 15 is 0 Å². The topological polar surface area (TPSA) is 41.1 Å². The van der Waals surface area contributed by atoms with Gasteiger partial charge in [0, 0.05) is 11.8 Å². The molecule has 1 amide bonds. The van der Waals surface area contributed by atoms with Crippen LogP contribution < -0.4 is 10.6 Å². The number of thioether (sulfide) groups is 1. The molecule has 0 bridgehead atoms. The van der Waals surface area contributed by atoms with Gasteiger partial charge < -0.3 is 10.6 Å². The Hall–Kier alpha value is 0.0700. The standard InChI is InChI=1S/C10H20N2OS.ClH/c1-8(14-2)7-12-10(13)9-5-3-4-6-11-9;/h8-9,11H,3-7H2,1-2H3,(H,12,13);1H/t8?,9-;/m1./s1. The first-order valence-corrected chi connectivity index (χ1v) is 6.56. The maximum Gasteiger partial charge on any atom is 0.237 e. The lowest BCUT2D eigenvalue weighted by atomic mass is 10.0. The predicted molar refractivity (Wildman–Crippen MR) is 68.9 cm³/mol. The number of halogens is 1. The largest absolute Gasteiger partial charge is 0.354 e. The molecule has 1 unspecified atom stereocenters. The lowest BCUT2D eigenvalue weighted by Gasteiger charge is -2.23. The van der Waals surface area contributed by atoms with Crippen LogP contribution in [0.4, 0.5) is 0 Å². The highest BCUT2D eigenvalue weighted by atomic mass is 35.5. The van der Waals surface area contributed by atoms with E-state index in [1.807, 2.05) is 0 Å². The summed E-state index contributed by atoms with van der Waals surface area (Å²) in [5.41, 5.74) is 0. The molecule has 1 heterocycles. The summed E-state index contributed by atoms with van der Waals surface area (Å²) in [4.78, 5) is 11.6. The van der Waals surface area contributed by atoms with Crippen LogP contribution in [-0.2, 0) is 4.79 Å². The zero-order valence-corrected chi connectivity index (χ0v) is 11.0. The molecular weight excluding hydrogens is 232 g/mol. The third-order valence-electron chi connectivity index (χ3n) is 2.59. The molecule has 1 rings (SSSR count). The van der Waals surface area contributed by atoms with Crippen LogP contribution in [0.15, 0.2) is 0 Å². The van der Waals surface area contributed by atoms with Crippen LogP contribution in [-0.4, -0.2) is 36.5 Å². The molecule has 0 saturated carbocycles. The van der Waals surface area contributed by atoms with E-state index < -0.39 is 0 Å². The number of amides is 1. The summed E-state index contributed by atoms with van der Waals surface area (Å²) in [5, 5.41) is 6.72. The molecule has 1 fully saturated rings. The van der Waals surface area contributed by atoms with Gasteiger partial charge >= 0.3 is 0 Å². The van der Waals surface area contributed by atoms with Crippen molar-refractivity contribution in [1.82, 2.24) is 10.6 Å². The van der Waals surface area contributed by atoms with Crippen molar-refractivity contribution in [2.24, 2.45) is 0 Å². The number of hydrogen-bond acceptors (Lipinski definition) is 3. The lowest BCUT2D eigenvalue weighted by Crippen LogP contribution is -2.47. The van der Waals surface area contributed by atoms with Crippen molar-refractivity contribution in [3.63, 3.8) is 0 Å². The Kier molecular flexibility index (Phi) is 8.29. The average molecular weight is 253 g/mol. The average Bonchev–Trinajstić information content (AvgIpc) is 2.26. The van der Waals surface area contributed by atoms with Crippen molar-refractivity contribution in [2.75, 3.05) is 19.3 Å². The maximum absolute atomic E-state index is 11.6. The smallest absolute Gasteiger partial charge is 0.237 e. The highest BCUT2D eigenvalue weighted by molar-refractivity contribution is 7.99. The zero-order valence-electron chi connectivity index (χ0n) is 9.41. The summed E-state index contributed by atoms with van der Waals surface area (Å²) in [7, 11) is 0. The fraction of sp³-hybridized carbons (Fsp3) is 0.900. The van der Waals surface area contributed by atoms with Gasteiger partial charge in [-0.05, 0) is 25.6 Å². The molecule has 0 aromatic heterocycles. The Morgan fingerprint density at radius 3 is 2.87 bits per heavy atom. The van der Waals surface area contributed by atoms with Crippen molar-refractivity contribution in [3.8, 4) is 0 Å². The Bertz CT molecular complexity index is 186. The van der Waals surface area contributed by atoms with Crippen LogP contribution in [0.1, 0.15) is 26.2 Å². The van der Waals surface area contributed by atoms with E-state index in [2.05, 4.69) is 23.8 Å². The highest BCUT2D eigenvalue weighted by Crippen LogP contribution is 2.07. The molecule has 0 radical (unpaired) electrons. The third kappa shape index (κ3) is 5.64. The molecular formula is C10H21ClN2OS. The van der Waals surface area contributed by atoms with Crippen LogP contribution in [0, 0.1) is 0 Å². The normalized spacial score (nSPS) is 22.7. The molecule has 0 spiro atoms. The molecule has 1 aliphatic heterocycles. The number of nitrogens with one attached hydrogen (secondary N) is 2. The number of hydrogen-bond donors (Lipinski definition) is 2. The van der Waals surface area contributed by atoms with Gasteiger partial charge in [-0.15, -0.1) is 12.4 Å². The van der Waals surface area contributed by atoms with Gasteiger partial charge in [0.2, 0.25) is 5.91 Å². The molecule has 1 aliphatic rings. The van der Waals surface area contributed by atoms with Crippen LogP contribution in [0.25, 0.3) is 0 Å². The summed E-state index contributed by atoms with van der Waals surface area (Å²) in [6.07, 6.45) is 5.42. The maximum atomic E-state index is 11.6. The summed E-state index contributed by atoms with van der Waals surface area (Å²) < 4.78 is 0. The van der Waals surface area contributed by atoms with Gasteiger partial charge in [-0.1, -0.05) is 13.3 Å². The van der Waals surface area contributed by atoms with Gasteiger partial charge in [0.1, 0.15) is 0 Å². The Morgan fingerprint density at radius 1 is 1.60 bits per heavy atom. The van der Waals surface area contributed by atoms with Crippen molar-refractivity contribution < 1.29 is 4.79 Å². The number of carbonyl (C=O) groups is 1. The van der Waals surface area contributed by atoms with Gasteiger partial charge in [-0.25, -0.2) is 0 Å². The van der Waals surface area contributed by atoms with E-state index in [9.17, 15) is 4.79 Å². The first kappa shape index (κ1) is 15.1. The second kappa shape index (κ2) is 8.25. The molecule has 3 nitrogen and oxygen atoms in total. The molecule has 0 aliphatic carbocycles. The Balaban J connectivity index is 0.00000196. The number of carbonyl (C=O) groups excluding carboxylic acids is 1. The van der Waals surface area contributed by atoms with Crippen LogP contribution >= 0.6 is 24.2 Å². The zero-order chi connectivity index (χ0) is 10.4.